The first-order valence-electron chi connectivity index (χ1n) is 8.85. The van der Waals surface area contributed by atoms with Crippen LogP contribution in [0.2, 0.25) is 5.02 Å². The molecule has 0 aromatic heterocycles. The first-order chi connectivity index (χ1) is 14.0. The number of nitrogens with one attached hydrogen (secondary N) is 1. The van der Waals surface area contributed by atoms with E-state index in [0.29, 0.717) is 16.1 Å². The molecule has 3 aromatic rings. The Bertz CT molecular complexity index is 1050. The molecule has 0 fully saturated rings. The minimum Gasteiger partial charge on any atom is -0.477 e. The van der Waals surface area contributed by atoms with Crippen LogP contribution in [0.5, 0.6) is 0 Å². The fourth-order valence-electron chi connectivity index (χ4n) is 2.76. The van der Waals surface area contributed by atoms with Gasteiger partial charge in [0.05, 0.1) is 10.7 Å². The molecule has 6 heteroatoms. The maximum atomic E-state index is 12.2. The molecule has 0 atom stereocenters. The molecular weight excluding hydrogens is 388 g/mol. The first-order valence-corrected chi connectivity index (χ1v) is 9.23. The number of aliphatic carboxylic acids is 1. The van der Waals surface area contributed by atoms with Crippen molar-refractivity contribution in [1.82, 2.24) is 5.32 Å². The number of halogens is 1. The van der Waals surface area contributed by atoms with E-state index in [1.165, 1.54) is 6.08 Å². The number of anilines is 2. The molecule has 1 amide bonds. The predicted molar refractivity (Wildman–Crippen MR) is 115 cm³/mol. The van der Waals surface area contributed by atoms with Gasteiger partial charge in [0.2, 0.25) is 0 Å². The molecule has 0 saturated carbocycles. The summed E-state index contributed by atoms with van der Waals surface area (Å²) in [7, 11) is 1.90. The first kappa shape index (κ1) is 20.2. The van der Waals surface area contributed by atoms with Crippen molar-refractivity contribution in [2.75, 3.05) is 11.9 Å². The molecule has 0 saturated heterocycles. The van der Waals surface area contributed by atoms with Crippen LogP contribution in [0, 0.1) is 0 Å². The van der Waals surface area contributed by atoms with Crippen LogP contribution < -0.4 is 10.2 Å². The van der Waals surface area contributed by atoms with Crippen molar-refractivity contribution in [1.29, 1.82) is 0 Å². The van der Waals surface area contributed by atoms with Crippen LogP contribution >= 0.6 is 11.6 Å². The molecule has 0 heterocycles. The Labute approximate surface area is 173 Å². The number of carboxylic acids is 1. The van der Waals surface area contributed by atoms with E-state index < -0.39 is 11.9 Å². The van der Waals surface area contributed by atoms with Gasteiger partial charge >= 0.3 is 5.97 Å². The molecule has 2 N–H and O–H groups in total. The maximum absolute atomic E-state index is 12.2. The highest BCUT2D eigenvalue weighted by molar-refractivity contribution is 6.33. The second kappa shape index (κ2) is 9.08. The summed E-state index contributed by atoms with van der Waals surface area (Å²) in [4.78, 5) is 25.7. The number of carbonyl (C=O) groups is 2. The van der Waals surface area contributed by atoms with Crippen LogP contribution in [0.1, 0.15) is 15.9 Å². The smallest absolute Gasteiger partial charge is 0.352 e. The molecule has 0 radical (unpaired) electrons. The van der Waals surface area contributed by atoms with Gasteiger partial charge < -0.3 is 15.3 Å². The van der Waals surface area contributed by atoms with Gasteiger partial charge in [-0.3, -0.25) is 4.79 Å². The summed E-state index contributed by atoms with van der Waals surface area (Å²) in [6, 6.07) is 23.2. The van der Waals surface area contributed by atoms with E-state index in [1.54, 1.807) is 42.5 Å². The molecule has 146 valence electrons. The largest absolute Gasteiger partial charge is 0.477 e. The third-order valence-corrected chi connectivity index (χ3v) is 4.64. The highest BCUT2D eigenvalue weighted by atomic mass is 35.5. The van der Waals surface area contributed by atoms with Gasteiger partial charge in [-0.05, 0) is 48.0 Å². The average Bonchev–Trinajstić information content (AvgIpc) is 2.74. The average molecular weight is 407 g/mol. The van der Waals surface area contributed by atoms with E-state index in [2.05, 4.69) is 5.32 Å². The topological polar surface area (TPSA) is 69.6 Å². The van der Waals surface area contributed by atoms with Crippen LogP contribution in [-0.2, 0) is 4.79 Å². The summed E-state index contributed by atoms with van der Waals surface area (Å²) in [5.41, 5.74) is 2.58. The maximum Gasteiger partial charge on any atom is 0.352 e. The van der Waals surface area contributed by atoms with E-state index in [-0.39, 0.29) is 5.70 Å². The van der Waals surface area contributed by atoms with Crippen molar-refractivity contribution in [3.63, 3.8) is 0 Å². The lowest BCUT2D eigenvalue weighted by Crippen LogP contribution is -2.27. The van der Waals surface area contributed by atoms with Crippen LogP contribution in [0.15, 0.2) is 84.6 Å². The lowest BCUT2D eigenvalue weighted by Gasteiger charge is -2.20. The minimum absolute atomic E-state index is 0.203. The normalized spacial score (nSPS) is 11.0. The van der Waals surface area contributed by atoms with E-state index in [9.17, 15) is 14.7 Å². The fourth-order valence-corrected chi connectivity index (χ4v) is 3.02. The third-order valence-electron chi connectivity index (χ3n) is 4.32. The van der Waals surface area contributed by atoms with Crippen molar-refractivity contribution in [3.05, 3.63) is 101 Å². The summed E-state index contributed by atoms with van der Waals surface area (Å²) in [5.74, 6) is -1.69. The van der Waals surface area contributed by atoms with Gasteiger partial charge in [0, 0.05) is 18.3 Å². The number of carboxylic acid groups (broad SMARTS) is 1. The van der Waals surface area contributed by atoms with Crippen LogP contribution in [0.25, 0.3) is 6.08 Å². The van der Waals surface area contributed by atoms with Gasteiger partial charge in [0.1, 0.15) is 5.70 Å². The van der Waals surface area contributed by atoms with Gasteiger partial charge in [-0.2, -0.15) is 0 Å². The molecule has 0 bridgehead atoms. The van der Waals surface area contributed by atoms with E-state index >= 15 is 0 Å². The lowest BCUT2D eigenvalue weighted by atomic mass is 10.1. The molecule has 29 heavy (non-hydrogen) atoms. The van der Waals surface area contributed by atoms with Gasteiger partial charge in [0.15, 0.2) is 0 Å². The number of amides is 1. The Morgan fingerprint density at radius 1 is 0.931 bits per heavy atom. The van der Waals surface area contributed by atoms with Crippen LogP contribution in [0.4, 0.5) is 11.4 Å². The number of rotatable bonds is 6. The zero-order valence-electron chi connectivity index (χ0n) is 15.7. The molecule has 0 aliphatic heterocycles. The second-order valence-corrected chi connectivity index (χ2v) is 6.69. The van der Waals surface area contributed by atoms with E-state index in [1.807, 2.05) is 48.3 Å². The quantitative estimate of drug-likeness (QED) is 0.567. The Kier molecular flexibility index (Phi) is 6.32. The highest BCUT2D eigenvalue weighted by Gasteiger charge is 2.13. The van der Waals surface area contributed by atoms with Crippen LogP contribution in [0.3, 0.4) is 0 Å². The van der Waals surface area contributed by atoms with Crippen molar-refractivity contribution in [2.24, 2.45) is 0 Å². The van der Waals surface area contributed by atoms with E-state index in [0.717, 1.165) is 11.4 Å². The Hall–Kier alpha value is -3.57. The molecular formula is C23H19ClN2O3. The molecule has 0 spiro atoms. The van der Waals surface area contributed by atoms with Crippen molar-refractivity contribution >= 4 is 40.9 Å². The van der Waals surface area contributed by atoms with Gasteiger partial charge in [0.25, 0.3) is 5.91 Å². The molecule has 3 aromatic carbocycles. The molecule has 5 nitrogen and oxygen atoms in total. The van der Waals surface area contributed by atoms with Crippen molar-refractivity contribution < 1.29 is 14.7 Å². The van der Waals surface area contributed by atoms with E-state index in [4.69, 9.17) is 11.6 Å². The third kappa shape index (κ3) is 5.03. The number of hydrogen-bond acceptors (Lipinski definition) is 3. The lowest BCUT2D eigenvalue weighted by molar-refractivity contribution is -0.132. The fraction of sp³-hybridized carbons (Fsp3) is 0.0435. The zero-order valence-corrected chi connectivity index (χ0v) is 16.4. The minimum atomic E-state index is -1.22. The van der Waals surface area contributed by atoms with Gasteiger partial charge in [-0.1, -0.05) is 54.1 Å². The SMILES string of the molecule is CN(c1ccc(C=C(NC(=O)c2ccccc2)C(=O)O)cc1)c1ccccc1Cl. The van der Waals surface area contributed by atoms with Gasteiger partial charge in [-0.25, -0.2) is 4.79 Å². The summed E-state index contributed by atoms with van der Waals surface area (Å²) >= 11 is 6.25. The van der Waals surface area contributed by atoms with Crippen molar-refractivity contribution in [3.8, 4) is 0 Å². The monoisotopic (exact) mass is 406 g/mol. The molecule has 3 rings (SSSR count). The Morgan fingerprint density at radius 2 is 1.55 bits per heavy atom. The standard InChI is InChI=1S/C23H19ClN2O3/c1-26(21-10-6-5-9-19(21)24)18-13-11-16(12-14-18)15-20(23(28)29)25-22(27)17-7-3-2-4-8-17/h2-15H,1H3,(H,25,27)(H,28,29). The molecule has 0 aliphatic carbocycles. The number of para-hydroxylation sites is 1. The van der Waals surface area contributed by atoms with Gasteiger partial charge in [-0.15, -0.1) is 0 Å². The predicted octanol–water partition coefficient (Wildman–Crippen LogP) is 4.96. The number of carbonyl (C=O) groups excluding carboxylic acids is 1. The number of nitrogens with zero attached hydrogens (tertiary/aromatic N) is 1. The summed E-state index contributed by atoms with van der Waals surface area (Å²) < 4.78 is 0. The summed E-state index contributed by atoms with van der Waals surface area (Å²) in [6.45, 7) is 0. The Morgan fingerprint density at radius 3 is 2.17 bits per heavy atom. The molecule has 0 unspecified atom stereocenters. The summed E-state index contributed by atoms with van der Waals surface area (Å²) in [6.07, 6.45) is 1.42. The highest BCUT2D eigenvalue weighted by Crippen LogP contribution is 2.30. The van der Waals surface area contributed by atoms with Crippen molar-refractivity contribution in [2.45, 2.75) is 0 Å². The van der Waals surface area contributed by atoms with Crippen LogP contribution in [-0.4, -0.2) is 24.0 Å². The summed E-state index contributed by atoms with van der Waals surface area (Å²) in [5, 5.41) is 12.5. The second-order valence-electron chi connectivity index (χ2n) is 6.29. The number of benzene rings is 3. The number of hydrogen-bond donors (Lipinski definition) is 2. The Balaban J connectivity index is 1.80. The zero-order chi connectivity index (χ0) is 20.8. The molecule has 0 aliphatic rings.